The fourth-order valence-electron chi connectivity index (χ4n) is 3.46. The van der Waals surface area contributed by atoms with E-state index < -0.39 is 15.9 Å². The van der Waals surface area contributed by atoms with Crippen molar-refractivity contribution in [2.75, 3.05) is 32.6 Å². The molecule has 0 bridgehead atoms. The predicted octanol–water partition coefficient (Wildman–Crippen LogP) is 4.72. The summed E-state index contributed by atoms with van der Waals surface area (Å²) in [6, 6.07) is 15.2. The summed E-state index contributed by atoms with van der Waals surface area (Å²) in [5.74, 6) is 0.684. The van der Waals surface area contributed by atoms with Gasteiger partial charge < -0.3 is 19.5 Å². The van der Waals surface area contributed by atoms with Gasteiger partial charge in [-0.05, 0) is 55.3 Å². The standard InChI is InChI=1S/C25H26N2O6S/c1-16-9-10-18(13-17(16)2)32-23-15-22-19(14-24(23)34(29,30)27(3)11-12-31-4)25(28)26-20-7-5-6-8-21(20)33-22/h5-10,13-15H,11-12H2,1-4H3,(H,26,28). The van der Waals surface area contributed by atoms with Crippen LogP contribution in [0, 0.1) is 13.8 Å². The number of carbonyl (C=O) groups is 1. The number of amides is 1. The Hall–Kier alpha value is -3.40. The van der Waals surface area contributed by atoms with E-state index in [-0.39, 0.29) is 35.1 Å². The summed E-state index contributed by atoms with van der Waals surface area (Å²) in [5, 5.41) is 2.77. The van der Waals surface area contributed by atoms with Crippen molar-refractivity contribution < 1.29 is 27.4 Å². The summed E-state index contributed by atoms with van der Waals surface area (Å²) in [6.07, 6.45) is 0. The largest absolute Gasteiger partial charge is 0.456 e. The van der Waals surface area contributed by atoms with Crippen molar-refractivity contribution in [1.29, 1.82) is 0 Å². The van der Waals surface area contributed by atoms with Gasteiger partial charge in [-0.15, -0.1) is 0 Å². The monoisotopic (exact) mass is 482 g/mol. The number of anilines is 1. The molecule has 0 radical (unpaired) electrons. The molecule has 9 heteroatoms. The second-order valence-corrected chi connectivity index (χ2v) is 10.0. The van der Waals surface area contributed by atoms with E-state index in [0.29, 0.717) is 17.2 Å². The molecule has 1 aliphatic rings. The fraction of sp³-hybridized carbons (Fsp3) is 0.240. The van der Waals surface area contributed by atoms with Crippen LogP contribution >= 0.6 is 0 Å². The third-order valence-corrected chi connectivity index (χ3v) is 7.53. The quantitative estimate of drug-likeness (QED) is 0.524. The van der Waals surface area contributed by atoms with Gasteiger partial charge in [0.25, 0.3) is 5.91 Å². The minimum Gasteiger partial charge on any atom is -0.456 e. The molecular formula is C25H26N2O6S. The topological polar surface area (TPSA) is 94.2 Å². The van der Waals surface area contributed by atoms with Crippen molar-refractivity contribution in [3.8, 4) is 23.0 Å². The lowest BCUT2D eigenvalue weighted by atomic mass is 10.1. The molecule has 0 aliphatic carbocycles. The van der Waals surface area contributed by atoms with Crippen LogP contribution in [0.3, 0.4) is 0 Å². The SMILES string of the molecule is COCCN(C)S(=O)(=O)c1cc2c(cc1Oc1ccc(C)c(C)c1)Oc1ccccc1NC2=O. The molecule has 4 rings (SSSR count). The number of fused-ring (bicyclic) bond motifs is 2. The molecule has 0 atom stereocenters. The van der Waals surface area contributed by atoms with Crippen molar-refractivity contribution in [3.63, 3.8) is 0 Å². The molecule has 1 N–H and O–H groups in total. The van der Waals surface area contributed by atoms with Crippen LogP contribution < -0.4 is 14.8 Å². The molecule has 34 heavy (non-hydrogen) atoms. The van der Waals surface area contributed by atoms with Crippen LogP contribution in [-0.4, -0.2) is 45.9 Å². The number of hydrogen-bond donors (Lipinski definition) is 1. The normalized spacial score (nSPS) is 12.9. The van der Waals surface area contributed by atoms with Crippen LogP contribution in [0.25, 0.3) is 0 Å². The maximum Gasteiger partial charge on any atom is 0.259 e. The van der Waals surface area contributed by atoms with E-state index in [1.54, 1.807) is 30.3 Å². The molecule has 3 aromatic rings. The van der Waals surface area contributed by atoms with E-state index in [9.17, 15) is 13.2 Å². The number of carbonyl (C=O) groups excluding carboxylic acids is 1. The number of rotatable bonds is 7. The molecule has 1 heterocycles. The maximum atomic E-state index is 13.5. The summed E-state index contributed by atoms with van der Waals surface area (Å²) in [6.45, 7) is 4.27. The average molecular weight is 483 g/mol. The van der Waals surface area contributed by atoms with E-state index in [1.165, 1.54) is 26.3 Å². The highest BCUT2D eigenvalue weighted by atomic mass is 32.2. The van der Waals surface area contributed by atoms with Gasteiger partial charge in [-0.3, -0.25) is 4.79 Å². The number of aryl methyl sites for hydroxylation is 2. The Labute approximate surface area is 199 Å². The van der Waals surface area contributed by atoms with Crippen molar-refractivity contribution in [2.45, 2.75) is 18.7 Å². The Kier molecular flexibility index (Phi) is 6.60. The third-order valence-electron chi connectivity index (χ3n) is 5.65. The second kappa shape index (κ2) is 9.46. The van der Waals surface area contributed by atoms with E-state index in [0.717, 1.165) is 15.4 Å². The first-order valence-electron chi connectivity index (χ1n) is 10.7. The highest BCUT2D eigenvalue weighted by Crippen LogP contribution is 2.42. The Morgan fingerprint density at radius 3 is 2.50 bits per heavy atom. The van der Waals surface area contributed by atoms with Gasteiger partial charge in [0, 0.05) is 26.8 Å². The Morgan fingerprint density at radius 2 is 1.76 bits per heavy atom. The minimum absolute atomic E-state index is 0.0541. The zero-order valence-electron chi connectivity index (χ0n) is 19.4. The number of hydrogen-bond acceptors (Lipinski definition) is 6. The van der Waals surface area contributed by atoms with Crippen LogP contribution in [0.5, 0.6) is 23.0 Å². The molecule has 0 aromatic heterocycles. The van der Waals surface area contributed by atoms with Crippen molar-refractivity contribution in [3.05, 3.63) is 71.3 Å². The first kappa shape index (κ1) is 23.7. The van der Waals surface area contributed by atoms with Crippen LogP contribution in [0.1, 0.15) is 21.5 Å². The number of ether oxygens (including phenoxy) is 3. The van der Waals surface area contributed by atoms with Gasteiger partial charge in [0.05, 0.1) is 17.9 Å². The Balaban J connectivity index is 1.86. The lowest BCUT2D eigenvalue weighted by Gasteiger charge is -2.20. The molecule has 0 spiro atoms. The molecule has 0 fully saturated rings. The minimum atomic E-state index is -4.02. The number of likely N-dealkylation sites (N-methyl/N-ethyl adjacent to an activating group) is 1. The van der Waals surface area contributed by atoms with Crippen LogP contribution in [0.4, 0.5) is 5.69 Å². The van der Waals surface area contributed by atoms with Gasteiger partial charge in [-0.25, -0.2) is 8.42 Å². The maximum absolute atomic E-state index is 13.5. The highest BCUT2D eigenvalue weighted by molar-refractivity contribution is 7.89. The average Bonchev–Trinajstić information content (AvgIpc) is 2.94. The molecule has 0 unspecified atom stereocenters. The summed E-state index contributed by atoms with van der Waals surface area (Å²) in [4.78, 5) is 12.8. The highest BCUT2D eigenvalue weighted by Gasteiger charge is 2.31. The van der Waals surface area contributed by atoms with Gasteiger partial charge in [-0.2, -0.15) is 4.31 Å². The first-order chi connectivity index (χ1) is 16.2. The number of methoxy groups -OCH3 is 1. The zero-order valence-corrected chi connectivity index (χ0v) is 20.2. The van der Waals surface area contributed by atoms with E-state index in [1.807, 2.05) is 26.0 Å². The lowest BCUT2D eigenvalue weighted by Crippen LogP contribution is -2.30. The molecule has 0 saturated heterocycles. The molecular weight excluding hydrogens is 456 g/mol. The number of sulfonamides is 1. The summed E-state index contributed by atoms with van der Waals surface area (Å²) in [5.41, 5.74) is 2.65. The Morgan fingerprint density at radius 1 is 1.00 bits per heavy atom. The fourth-order valence-corrected chi connectivity index (χ4v) is 4.74. The van der Waals surface area contributed by atoms with Crippen LogP contribution in [0.15, 0.2) is 59.5 Å². The van der Waals surface area contributed by atoms with E-state index in [2.05, 4.69) is 5.32 Å². The van der Waals surface area contributed by atoms with Gasteiger partial charge in [-0.1, -0.05) is 18.2 Å². The van der Waals surface area contributed by atoms with Gasteiger partial charge in [0.1, 0.15) is 16.4 Å². The number of nitrogens with one attached hydrogen (secondary N) is 1. The summed E-state index contributed by atoms with van der Waals surface area (Å²) >= 11 is 0. The van der Waals surface area contributed by atoms with E-state index in [4.69, 9.17) is 14.2 Å². The molecule has 8 nitrogen and oxygen atoms in total. The van der Waals surface area contributed by atoms with E-state index >= 15 is 0 Å². The molecule has 0 saturated carbocycles. The number of benzene rings is 3. The number of para-hydroxylation sites is 2. The van der Waals surface area contributed by atoms with Crippen molar-refractivity contribution in [1.82, 2.24) is 4.31 Å². The summed E-state index contributed by atoms with van der Waals surface area (Å²) < 4.78 is 45.2. The van der Waals surface area contributed by atoms with Crippen LogP contribution in [0.2, 0.25) is 0 Å². The third kappa shape index (κ3) is 4.63. The van der Waals surface area contributed by atoms with Crippen molar-refractivity contribution >= 4 is 21.6 Å². The predicted molar refractivity (Wildman–Crippen MR) is 129 cm³/mol. The van der Waals surface area contributed by atoms with Gasteiger partial charge >= 0.3 is 0 Å². The molecule has 178 valence electrons. The zero-order chi connectivity index (χ0) is 24.5. The number of nitrogens with zero attached hydrogens (tertiary/aromatic N) is 1. The van der Waals surface area contributed by atoms with Gasteiger partial charge in [0.15, 0.2) is 11.5 Å². The van der Waals surface area contributed by atoms with Gasteiger partial charge in [0.2, 0.25) is 10.0 Å². The summed E-state index contributed by atoms with van der Waals surface area (Å²) in [7, 11) is -1.08. The molecule has 3 aromatic carbocycles. The Bertz CT molecular complexity index is 1350. The smallest absolute Gasteiger partial charge is 0.259 e. The molecule has 1 amide bonds. The first-order valence-corrected chi connectivity index (χ1v) is 12.1. The lowest BCUT2D eigenvalue weighted by molar-refractivity contribution is 0.102. The van der Waals surface area contributed by atoms with Crippen LogP contribution in [-0.2, 0) is 14.8 Å². The molecule has 1 aliphatic heterocycles. The second-order valence-electron chi connectivity index (χ2n) is 8.01. The van der Waals surface area contributed by atoms with Crippen molar-refractivity contribution in [2.24, 2.45) is 0 Å².